The summed E-state index contributed by atoms with van der Waals surface area (Å²) in [4.78, 5) is 12.1. The van der Waals surface area contributed by atoms with E-state index in [0.717, 1.165) is 5.56 Å². The molecule has 4 nitrogen and oxygen atoms in total. The first kappa shape index (κ1) is 19.9. The highest BCUT2D eigenvalue weighted by atomic mass is 19.1. The molecule has 2 rings (SSSR count). The molecule has 1 fully saturated rings. The highest BCUT2D eigenvalue weighted by Gasteiger charge is 2.54. The fraction of sp³-hybridized carbons (Fsp3) is 0.632. The molecule has 6 heteroatoms. The van der Waals surface area contributed by atoms with Gasteiger partial charge in [-0.05, 0) is 65.2 Å². The average Bonchev–Trinajstić information content (AvgIpc) is 2.70. The Morgan fingerprint density at radius 1 is 1.16 bits per heavy atom. The summed E-state index contributed by atoms with van der Waals surface area (Å²) in [6.45, 7) is 13.4. The van der Waals surface area contributed by atoms with E-state index in [4.69, 9.17) is 14.0 Å². The number of benzene rings is 1. The molecule has 0 aromatic heterocycles. The van der Waals surface area contributed by atoms with Crippen LogP contribution in [-0.4, -0.2) is 30.9 Å². The summed E-state index contributed by atoms with van der Waals surface area (Å²) < 4.78 is 31.4. The normalized spacial score (nSPS) is 19.8. The SMILES string of the molecule is CCOC(=O)CC(B1OC(C)(C)C(C)(C)O1)c1cc(C)c(F)c(C)c1. The first-order valence-corrected chi connectivity index (χ1v) is 8.76. The highest BCUT2D eigenvalue weighted by Crippen LogP contribution is 2.42. The van der Waals surface area contributed by atoms with Crippen molar-refractivity contribution in [3.63, 3.8) is 0 Å². The lowest BCUT2D eigenvalue weighted by molar-refractivity contribution is -0.143. The van der Waals surface area contributed by atoms with Gasteiger partial charge in [0.25, 0.3) is 0 Å². The van der Waals surface area contributed by atoms with Gasteiger partial charge in [0.1, 0.15) is 5.82 Å². The monoisotopic (exact) mass is 350 g/mol. The van der Waals surface area contributed by atoms with Crippen molar-refractivity contribution in [3.05, 3.63) is 34.6 Å². The van der Waals surface area contributed by atoms with E-state index in [1.807, 2.05) is 27.7 Å². The maximum atomic E-state index is 14.0. The largest absolute Gasteiger partial charge is 0.466 e. The molecule has 1 atom stereocenters. The van der Waals surface area contributed by atoms with Gasteiger partial charge in [0, 0.05) is 5.82 Å². The topological polar surface area (TPSA) is 44.8 Å². The van der Waals surface area contributed by atoms with Crippen LogP contribution < -0.4 is 0 Å². The Morgan fingerprint density at radius 3 is 2.08 bits per heavy atom. The first-order valence-electron chi connectivity index (χ1n) is 8.76. The third-order valence-electron chi connectivity index (χ3n) is 5.18. The second-order valence-electron chi connectivity index (χ2n) is 7.71. The molecule has 0 N–H and O–H groups in total. The summed E-state index contributed by atoms with van der Waals surface area (Å²) in [5.41, 5.74) is 0.896. The molecule has 1 unspecified atom stereocenters. The molecule has 138 valence electrons. The number of esters is 1. The Hall–Kier alpha value is -1.40. The van der Waals surface area contributed by atoms with E-state index >= 15 is 0 Å². The van der Waals surface area contributed by atoms with Crippen molar-refractivity contribution in [2.45, 2.75) is 71.9 Å². The van der Waals surface area contributed by atoms with E-state index in [-0.39, 0.29) is 24.0 Å². The standard InChI is InChI=1S/C19H28BFO4/c1-8-23-16(22)11-15(14-9-12(2)17(21)13(3)10-14)20-24-18(4,5)19(6,7)25-20/h9-10,15H,8,11H2,1-7H3. The van der Waals surface area contributed by atoms with Crippen LogP contribution in [0.25, 0.3) is 0 Å². The van der Waals surface area contributed by atoms with E-state index in [0.29, 0.717) is 17.7 Å². The van der Waals surface area contributed by atoms with Crippen molar-refractivity contribution in [2.24, 2.45) is 0 Å². The molecule has 0 amide bonds. The number of rotatable bonds is 5. The molecule has 25 heavy (non-hydrogen) atoms. The quantitative estimate of drug-likeness (QED) is 0.592. The van der Waals surface area contributed by atoms with Crippen LogP contribution in [0.2, 0.25) is 0 Å². The summed E-state index contributed by atoms with van der Waals surface area (Å²) in [5.74, 6) is -0.910. The molecule has 1 heterocycles. The molecule has 0 radical (unpaired) electrons. The van der Waals surface area contributed by atoms with Crippen molar-refractivity contribution in [1.29, 1.82) is 0 Å². The molecular weight excluding hydrogens is 322 g/mol. The third-order valence-corrected chi connectivity index (χ3v) is 5.18. The van der Waals surface area contributed by atoms with Crippen LogP contribution in [0.15, 0.2) is 12.1 Å². The van der Waals surface area contributed by atoms with Crippen LogP contribution in [-0.2, 0) is 18.8 Å². The summed E-state index contributed by atoms with van der Waals surface area (Å²) in [7, 11) is -0.598. The van der Waals surface area contributed by atoms with Crippen molar-refractivity contribution in [2.75, 3.05) is 6.61 Å². The van der Waals surface area contributed by atoms with Gasteiger partial charge in [0.15, 0.2) is 0 Å². The zero-order valence-electron chi connectivity index (χ0n) is 16.2. The lowest BCUT2D eigenvalue weighted by Gasteiger charge is -2.32. The Bertz CT molecular complexity index is 618. The summed E-state index contributed by atoms with van der Waals surface area (Å²) in [6, 6.07) is 3.52. The van der Waals surface area contributed by atoms with Crippen LogP contribution in [0.4, 0.5) is 4.39 Å². The number of ether oxygens (including phenoxy) is 1. The van der Waals surface area contributed by atoms with Crippen LogP contribution in [0.5, 0.6) is 0 Å². The summed E-state index contributed by atoms with van der Waals surface area (Å²) in [5, 5.41) is 0. The van der Waals surface area contributed by atoms with Crippen LogP contribution in [0.1, 0.15) is 63.5 Å². The van der Waals surface area contributed by atoms with Gasteiger partial charge in [-0.1, -0.05) is 12.1 Å². The molecule has 0 spiro atoms. The Kier molecular flexibility index (Phi) is 5.64. The van der Waals surface area contributed by atoms with Crippen LogP contribution in [0.3, 0.4) is 0 Å². The van der Waals surface area contributed by atoms with E-state index in [1.165, 1.54) is 0 Å². The Labute approximate surface area is 150 Å². The number of carbonyl (C=O) groups is 1. The molecular formula is C19H28BFO4. The third kappa shape index (κ3) is 4.06. The molecule has 0 saturated carbocycles. The second kappa shape index (κ2) is 7.08. The van der Waals surface area contributed by atoms with Crippen molar-refractivity contribution in [1.82, 2.24) is 0 Å². The van der Waals surface area contributed by atoms with Gasteiger partial charge < -0.3 is 14.0 Å². The smallest absolute Gasteiger partial charge is 0.466 e. The van der Waals surface area contributed by atoms with Crippen molar-refractivity contribution in [3.8, 4) is 0 Å². The van der Waals surface area contributed by atoms with E-state index in [1.54, 1.807) is 32.9 Å². The van der Waals surface area contributed by atoms with E-state index < -0.39 is 18.3 Å². The molecule has 1 aliphatic rings. The fourth-order valence-electron chi connectivity index (χ4n) is 3.02. The minimum atomic E-state index is -0.598. The maximum Gasteiger partial charge on any atom is 0.466 e. The lowest BCUT2D eigenvalue weighted by Crippen LogP contribution is -2.41. The van der Waals surface area contributed by atoms with Gasteiger partial charge in [0.05, 0.1) is 24.2 Å². The fourth-order valence-corrected chi connectivity index (χ4v) is 3.02. The molecule has 1 aliphatic heterocycles. The number of hydrogen-bond donors (Lipinski definition) is 0. The molecule has 1 saturated heterocycles. The highest BCUT2D eigenvalue weighted by molar-refractivity contribution is 6.48. The first-order chi connectivity index (χ1) is 11.5. The average molecular weight is 350 g/mol. The number of aryl methyl sites for hydroxylation is 2. The predicted octanol–water partition coefficient (Wildman–Crippen LogP) is 4.11. The van der Waals surface area contributed by atoms with E-state index in [2.05, 4.69) is 0 Å². The van der Waals surface area contributed by atoms with E-state index in [9.17, 15) is 9.18 Å². The van der Waals surface area contributed by atoms with Gasteiger partial charge in [-0.15, -0.1) is 0 Å². The Balaban J connectivity index is 2.39. The number of halogens is 1. The predicted molar refractivity (Wildman–Crippen MR) is 95.9 cm³/mol. The minimum Gasteiger partial charge on any atom is -0.466 e. The van der Waals surface area contributed by atoms with Gasteiger partial charge in [0.2, 0.25) is 0 Å². The maximum absolute atomic E-state index is 14.0. The number of hydrogen-bond acceptors (Lipinski definition) is 4. The molecule has 0 aliphatic carbocycles. The van der Waals surface area contributed by atoms with Crippen molar-refractivity contribution >= 4 is 13.1 Å². The lowest BCUT2D eigenvalue weighted by atomic mass is 9.65. The van der Waals surface area contributed by atoms with Crippen molar-refractivity contribution < 1.29 is 23.2 Å². The molecule has 1 aromatic rings. The Morgan fingerprint density at radius 2 is 1.64 bits per heavy atom. The molecule has 0 bridgehead atoms. The zero-order valence-corrected chi connectivity index (χ0v) is 16.2. The minimum absolute atomic E-state index is 0.120. The summed E-state index contributed by atoms with van der Waals surface area (Å²) in [6.07, 6.45) is 0.120. The van der Waals surface area contributed by atoms with Crippen LogP contribution in [0, 0.1) is 19.7 Å². The summed E-state index contributed by atoms with van der Waals surface area (Å²) >= 11 is 0. The van der Waals surface area contributed by atoms with Gasteiger partial charge >= 0.3 is 13.1 Å². The van der Waals surface area contributed by atoms with Crippen LogP contribution >= 0.6 is 0 Å². The zero-order chi connectivity index (χ0) is 19.0. The van der Waals surface area contributed by atoms with Gasteiger partial charge in [-0.2, -0.15) is 0 Å². The molecule has 1 aromatic carbocycles. The number of carbonyl (C=O) groups excluding carboxylic acids is 1. The van der Waals surface area contributed by atoms with Gasteiger partial charge in [-0.3, -0.25) is 4.79 Å². The van der Waals surface area contributed by atoms with Gasteiger partial charge in [-0.25, -0.2) is 4.39 Å². The second-order valence-corrected chi connectivity index (χ2v) is 7.71.